The molecule has 0 aliphatic carbocycles. The minimum atomic E-state index is -3.55. The molecule has 26 heavy (non-hydrogen) atoms. The van der Waals surface area contributed by atoms with E-state index < -0.39 is 10.0 Å². The van der Waals surface area contributed by atoms with Crippen molar-refractivity contribution in [2.45, 2.75) is 30.3 Å². The summed E-state index contributed by atoms with van der Waals surface area (Å²) in [6.07, 6.45) is 2.10. The Hall–Kier alpha value is -1.57. The summed E-state index contributed by atoms with van der Waals surface area (Å²) in [4.78, 5) is 2.66. The second kappa shape index (κ2) is 6.87. The number of sulfonamides is 1. The third-order valence-electron chi connectivity index (χ3n) is 5.16. The molecule has 0 unspecified atom stereocenters. The first-order valence-electron chi connectivity index (χ1n) is 8.68. The molecule has 2 heterocycles. The van der Waals surface area contributed by atoms with E-state index in [0.717, 1.165) is 40.9 Å². The SMILES string of the molecule is COc1ccc(CN2C[C@H]3CCCN3c3cc(Br)ccc3S2(=O)=O)cc1. The molecular weight excluding hydrogens is 416 g/mol. The fourth-order valence-electron chi connectivity index (χ4n) is 3.83. The zero-order valence-electron chi connectivity index (χ0n) is 14.6. The van der Waals surface area contributed by atoms with Gasteiger partial charge in [0, 0.05) is 30.1 Å². The maximum Gasteiger partial charge on any atom is 0.245 e. The smallest absolute Gasteiger partial charge is 0.245 e. The van der Waals surface area contributed by atoms with Crippen LogP contribution in [0.5, 0.6) is 5.75 Å². The summed E-state index contributed by atoms with van der Waals surface area (Å²) in [6, 6.07) is 13.3. The van der Waals surface area contributed by atoms with Gasteiger partial charge in [-0.15, -0.1) is 0 Å². The van der Waals surface area contributed by atoms with E-state index in [9.17, 15) is 8.42 Å². The summed E-state index contributed by atoms with van der Waals surface area (Å²) in [5.41, 5.74) is 1.78. The molecule has 2 aromatic rings. The Morgan fingerprint density at radius 1 is 1.19 bits per heavy atom. The lowest BCUT2D eigenvalue weighted by atomic mass is 10.2. The second-order valence-electron chi connectivity index (χ2n) is 6.75. The molecular formula is C19H21BrN2O3S. The van der Waals surface area contributed by atoms with E-state index in [2.05, 4.69) is 20.8 Å². The molecule has 0 amide bonds. The summed E-state index contributed by atoms with van der Waals surface area (Å²) in [5.74, 6) is 0.768. The number of hydrogen-bond donors (Lipinski definition) is 0. The highest BCUT2D eigenvalue weighted by molar-refractivity contribution is 9.10. The van der Waals surface area contributed by atoms with Crippen molar-refractivity contribution in [1.29, 1.82) is 0 Å². The molecule has 138 valence electrons. The molecule has 0 saturated carbocycles. The largest absolute Gasteiger partial charge is 0.497 e. The number of benzene rings is 2. The molecule has 1 saturated heterocycles. The number of ether oxygens (including phenoxy) is 1. The van der Waals surface area contributed by atoms with Crippen molar-refractivity contribution in [2.75, 3.05) is 25.1 Å². The summed E-state index contributed by atoms with van der Waals surface area (Å²) in [6.45, 7) is 1.78. The van der Waals surface area contributed by atoms with E-state index >= 15 is 0 Å². The highest BCUT2D eigenvalue weighted by Gasteiger charge is 2.39. The number of hydrogen-bond acceptors (Lipinski definition) is 4. The zero-order valence-corrected chi connectivity index (χ0v) is 17.0. The molecule has 0 aromatic heterocycles. The van der Waals surface area contributed by atoms with Crippen molar-refractivity contribution >= 4 is 31.6 Å². The van der Waals surface area contributed by atoms with Crippen LogP contribution in [0.1, 0.15) is 18.4 Å². The minimum Gasteiger partial charge on any atom is -0.497 e. The van der Waals surface area contributed by atoms with Gasteiger partial charge < -0.3 is 9.64 Å². The Labute approximate surface area is 162 Å². The van der Waals surface area contributed by atoms with Gasteiger partial charge >= 0.3 is 0 Å². The number of anilines is 1. The molecule has 0 N–H and O–H groups in total. The molecule has 1 fully saturated rings. The molecule has 2 aliphatic rings. The molecule has 2 aromatic carbocycles. The van der Waals surface area contributed by atoms with Crippen molar-refractivity contribution in [2.24, 2.45) is 0 Å². The Balaban J connectivity index is 1.74. The molecule has 0 radical (unpaired) electrons. The summed E-state index contributed by atoms with van der Waals surface area (Å²) >= 11 is 3.49. The fourth-order valence-corrected chi connectivity index (χ4v) is 5.83. The molecule has 0 bridgehead atoms. The normalized spacial score (nSPS) is 21.8. The van der Waals surface area contributed by atoms with Gasteiger partial charge in [0.15, 0.2) is 0 Å². The number of halogens is 1. The standard InChI is InChI=1S/C19H21BrN2O3S/c1-25-17-7-4-14(5-8-17)12-21-13-16-3-2-10-22(16)18-11-15(20)6-9-19(18)26(21,23)24/h4-9,11,16H,2-3,10,12-13H2,1H3/t16-/m1/s1. The lowest BCUT2D eigenvalue weighted by molar-refractivity contribution is 0.383. The Morgan fingerprint density at radius 3 is 2.69 bits per heavy atom. The van der Waals surface area contributed by atoms with Crippen molar-refractivity contribution < 1.29 is 13.2 Å². The van der Waals surface area contributed by atoms with Gasteiger partial charge in [0.1, 0.15) is 10.6 Å². The summed E-state index contributed by atoms with van der Waals surface area (Å²) in [7, 11) is -1.93. The number of fused-ring (bicyclic) bond motifs is 3. The second-order valence-corrected chi connectivity index (χ2v) is 9.57. The first-order chi connectivity index (χ1) is 12.5. The highest BCUT2D eigenvalue weighted by Crippen LogP contribution is 2.39. The van der Waals surface area contributed by atoms with E-state index in [1.807, 2.05) is 30.3 Å². The molecule has 1 atom stereocenters. The van der Waals surface area contributed by atoms with E-state index in [0.29, 0.717) is 18.0 Å². The van der Waals surface area contributed by atoms with Crippen LogP contribution in [0.25, 0.3) is 0 Å². The highest BCUT2D eigenvalue weighted by atomic mass is 79.9. The van der Waals surface area contributed by atoms with Crippen LogP contribution < -0.4 is 9.64 Å². The summed E-state index contributed by atoms with van der Waals surface area (Å²) in [5, 5.41) is 0. The van der Waals surface area contributed by atoms with Crippen molar-refractivity contribution in [3.8, 4) is 5.75 Å². The van der Waals surface area contributed by atoms with Gasteiger partial charge in [0.2, 0.25) is 10.0 Å². The zero-order chi connectivity index (χ0) is 18.3. The van der Waals surface area contributed by atoms with Crippen LogP contribution in [0.3, 0.4) is 0 Å². The molecule has 2 aliphatic heterocycles. The monoisotopic (exact) mass is 436 g/mol. The average molecular weight is 437 g/mol. The number of methoxy groups -OCH3 is 1. The van der Waals surface area contributed by atoms with Gasteiger partial charge in [0.25, 0.3) is 0 Å². The quantitative estimate of drug-likeness (QED) is 0.736. The van der Waals surface area contributed by atoms with Gasteiger partial charge in [-0.2, -0.15) is 4.31 Å². The summed E-state index contributed by atoms with van der Waals surface area (Å²) < 4.78 is 34.4. The lowest BCUT2D eigenvalue weighted by Gasteiger charge is -2.26. The number of nitrogens with zero attached hydrogens (tertiary/aromatic N) is 2. The first-order valence-corrected chi connectivity index (χ1v) is 10.9. The van der Waals surface area contributed by atoms with Crippen LogP contribution in [0.15, 0.2) is 51.8 Å². The average Bonchev–Trinajstić information content (AvgIpc) is 3.06. The van der Waals surface area contributed by atoms with Crippen molar-refractivity contribution in [3.63, 3.8) is 0 Å². The Bertz CT molecular complexity index is 915. The maximum absolute atomic E-state index is 13.4. The first kappa shape index (κ1) is 17.8. The van der Waals surface area contributed by atoms with E-state index in [4.69, 9.17) is 4.74 Å². The molecule has 4 rings (SSSR count). The van der Waals surface area contributed by atoms with Crippen LogP contribution in [0, 0.1) is 0 Å². The van der Waals surface area contributed by atoms with Crippen LogP contribution in [-0.2, 0) is 16.6 Å². The van der Waals surface area contributed by atoms with Crippen LogP contribution in [0.4, 0.5) is 5.69 Å². The maximum atomic E-state index is 13.4. The fraction of sp³-hybridized carbons (Fsp3) is 0.368. The van der Waals surface area contributed by atoms with Gasteiger partial charge in [-0.05, 0) is 48.7 Å². The molecule has 5 nitrogen and oxygen atoms in total. The van der Waals surface area contributed by atoms with E-state index in [1.165, 1.54) is 0 Å². The van der Waals surface area contributed by atoms with Gasteiger partial charge in [0.05, 0.1) is 12.8 Å². The predicted molar refractivity (Wildman–Crippen MR) is 105 cm³/mol. The molecule has 7 heteroatoms. The topological polar surface area (TPSA) is 49.9 Å². The Kier molecular flexibility index (Phi) is 4.71. The lowest BCUT2D eigenvalue weighted by Crippen LogP contribution is -2.39. The third-order valence-corrected chi connectivity index (χ3v) is 7.51. The van der Waals surface area contributed by atoms with E-state index in [-0.39, 0.29) is 6.04 Å². The third kappa shape index (κ3) is 3.12. The van der Waals surface area contributed by atoms with Crippen LogP contribution in [-0.4, -0.2) is 39.0 Å². The van der Waals surface area contributed by atoms with Crippen LogP contribution in [0.2, 0.25) is 0 Å². The molecule has 0 spiro atoms. The van der Waals surface area contributed by atoms with Crippen molar-refractivity contribution in [1.82, 2.24) is 4.31 Å². The predicted octanol–water partition coefficient (Wildman–Crippen LogP) is 3.63. The van der Waals surface area contributed by atoms with Gasteiger partial charge in [-0.3, -0.25) is 0 Å². The van der Waals surface area contributed by atoms with Gasteiger partial charge in [-0.1, -0.05) is 28.1 Å². The Morgan fingerprint density at radius 2 is 1.96 bits per heavy atom. The van der Waals surface area contributed by atoms with Gasteiger partial charge in [-0.25, -0.2) is 8.42 Å². The number of rotatable bonds is 3. The van der Waals surface area contributed by atoms with Crippen LogP contribution >= 0.6 is 15.9 Å². The minimum absolute atomic E-state index is 0.221. The van der Waals surface area contributed by atoms with E-state index in [1.54, 1.807) is 23.5 Å². The van der Waals surface area contributed by atoms with Crippen molar-refractivity contribution in [3.05, 3.63) is 52.5 Å².